The molecule has 1 N–H and O–H groups in total. The van der Waals surface area contributed by atoms with Crippen LogP contribution in [0.3, 0.4) is 0 Å². The van der Waals surface area contributed by atoms with Crippen molar-refractivity contribution in [3.05, 3.63) is 84.4 Å². The van der Waals surface area contributed by atoms with Crippen molar-refractivity contribution >= 4 is 40.7 Å². The summed E-state index contributed by atoms with van der Waals surface area (Å²) in [6.45, 7) is 13.6. The van der Waals surface area contributed by atoms with Gasteiger partial charge in [0.25, 0.3) is 5.91 Å². The molecule has 3 amide bonds. The van der Waals surface area contributed by atoms with E-state index in [9.17, 15) is 19.5 Å². The van der Waals surface area contributed by atoms with Gasteiger partial charge in [-0.1, -0.05) is 67.9 Å². The number of aryl methyl sites for hydroxylation is 1. The molecule has 3 fully saturated rings. The van der Waals surface area contributed by atoms with Gasteiger partial charge >= 0.3 is 0 Å². The molecule has 44 heavy (non-hydrogen) atoms. The highest BCUT2D eigenvalue weighted by Gasteiger charge is 2.79. The van der Waals surface area contributed by atoms with Crippen molar-refractivity contribution < 1.29 is 24.2 Å². The van der Waals surface area contributed by atoms with Gasteiger partial charge in [-0.05, 0) is 56.4 Å². The predicted molar refractivity (Wildman–Crippen MR) is 173 cm³/mol. The van der Waals surface area contributed by atoms with Crippen LogP contribution in [0, 0.1) is 18.8 Å². The van der Waals surface area contributed by atoms with Crippen molar-refractivity contribution in [3.8, 4) is 0 Å². The topological polar surface area (TPSA) is 90.4 Å². The van der Waals surface area contributed by atoms with E-state index < -0.39 is 35.1 Å². The van der Waals surface area contributed by atoms with Crippen LogP contribution in [0.2, 0.25) is 5.02 Å². The van der Waals surface area contributed by atoms with E-state index in [0.717, 1.165) is 5.56 Å². The summed E-state index contributed by atoms with van der Waals surface area (Å²) in [7, 11) is 0. The van der Waals surface area contributed by atoms with Crippen molar-refractivity contribution in [1.29, 1.82) is 0 Å². The largest absolute Gasteiger partial charge is 0.394 e. The van der Waals surface area contributed by atoms with Gasteiger partial charge in [0, 0.05) is 18.8 Å². The molecule has 6 atom stereocenters. The number of benzene rings is 2. The van der Waals surface area contributed by atoms with Crippen molar-refractivity contribution in [2.75, 3.05) is 29.5 Å². The molecule has 2 aromatic rings. The number of amides is 3. The number of fused-ring (bicyclic) bond motifs is 1. The molecule has 3 heterocycles. The summed E-state index contributed by atoms with van der Waals surface area (Å²) >= 11 is 6.67. The minimum absolute atomic E-state index is 0.154. The number of carbonyl (C=O) groups excluding carboxylic acids is 3. The van der Waals surface area contributed by atoms with E-state index in [2.05, 4.69) is 13.2 Å². The number of anilines is 2. The van der Waals surface area contributed by atoms with Gasteiger partial charge in [-0.25, -0.2) is 0 Å². The minimum Gasteiger partial charge on any atom is -0.394 e. The van der Waals surface area contributed by atoms with Crippen LogP contribution in [0.15, 0.2) is 73.8 Å². The second-order valence-corrected chi connectivity index (χ2v) is 12.4. The molecule has 2 unspecified atom stereocenters. The summed E-state index contributed by atoms with van der Waals surface area (Å²) in [6.07, 6.45) is 5.18. The van der Waals surface area contributed by atoms with Crippen LogP contribution in [0.25, 0.3) is 0 Å². The number of para-hydroxylation sites is 2. The van der Waals surface area contributed by atoms with Gasteiger partial charge in [-0.3, -0.25) is 14.4 Å². The molecule has 0 aliphatic carbocycles. The van der Waals surface area contributed by atoms with Crippen LogP contribution in [-0.2, 0) is 19.1 Å². The zero-order valence-electron chi connectivity index (χ0n) is 25.7. The van der Waals surface area contributed by atoms with Crippen LogP contribution in [0.1, 0.15) is 45.1 Å². The number of aliphatic hydroxyl groups is 1. The lowest BCUT2D eigenvalue weighted by atomic mass is 9.64. The van der Waals surface area contributed by atoms with Gasteiger partial charge < -0.3 is 24.5 Å². The van der Waals surface area contributed by atoms with Gasteiger partial charge in [0.05, 0.1) is 40.8 Å². The van der Waals surface area contributed by atoms with E-state index in [1.807, 2.05) is 63.2 Å². The molecule has 0 radical (unpaired) electrons. The molecule has 3 aliphatic heterocycles. The third kappa shape index (κ3) is 4.78. The van der Waals surface area contributed by atoms with E-state index in [1.54, 1.807) is 28.0 Å². The molecule has 0 saturated carbocycles. The zero-order valence-corrected chi connectivity index (χ0v) is 26.5. The molecule has 9 heteroatoms. The molecule has 8 nitrogen and oxygen atoms in total. The van der Waals surface area contributed by atoms with Crippen LogP contribution >= 0.6 is 11.6 Å². The summed E-state index contributed by atoms with van der Waals surface area (Å²) in [4.78, 5) is 49.1. The van der Waals surface area contributed by atoms with Gasteiger partial charge in [0.2, 0.25) is 11.8 Å². The Hall–Kier alpha value is -3.46. The van der Waals surface area contributed by atoms with Gasteiger partial charge in [0.15, 0.2) is 0 Å². The number of halogens is 1. The third-order valence-corrected chi connectivity index (χ3v) is 10.2. The predicted octanol–water partition coefficient (Wildman–Crippen LogP) is 5.31. The summed E-state index contributed by atoms with van der Waals surface area (Å²) < 4.78 is 6.99. The fourth-order valence-corrected chi connectivity index (χ4v) is 8.20. The lowest BCUT2D eigenvalue weighted by Crippen LogP contribution is -2.59. The van der Waals surface area contributed by atoms with Crippen molar-refractivity contribution in [1.82, 2.24) is 4.90 Å². The molecule has 2 bridgehead atoms. The van der Waals surface area contributed by atoms with Crippen LogP contribution < -0.4 is 9.80 Å². The SMILES string of the molecule is C=CCN(C(=O)[C@@H]1[C@H]2C(=O)N([C@@H](CC)CO)C(C(=O)N(CC=C)c3c(C)cccc3Cl)C23CC[C@@]1(CC)O3)c1ccccc1. The van der Waals surface area contributed by atoms with E-state index in [1.165, 1.54) is 4.90 Å². The van der Waals surface area contributed by atoms with Crippen LogP contribution in [-0.4, -0.2) is 70.7 Å². The van der Waals surface area contributed by atoms with Crippen molar-refractivity contribution in [3.63, 3.8) is 0 Å². The van der Waals surface area contributed by atoms with Crippen LogP contribution in [0.4, 0.5) is 11.4 Å². The van der Waals surface area contributed by atoms with E-state index in [-0.39, 0.29) is 37.4 Å². The first-order valence-electron chi connectivity index (χ1n) is 15.4. The van der Waals surface area contributed by atoms with Crippen LogP contribution in [0.5, 0.6) is 0 Å². The highest BCUT2D eigenvalue weighted by Crippen LogP contribution is 2.65. The molecule has 2 aromatic carbocycles. The number of rotatable bonds is 12. The number of hydrogen-bond acceptors (Lipinski definition) is 5. The normalized spacial score (nSPS) is 27.6. The van der Waals surface area contributed by atoms with Crippen molar-refractivity contribution in [2.24, 2.45) is 11.8 Å². The molecular weight excluding hydrogens is 578 g/mol. The minimum atomic E-state index is -1.25. The van der Waals surface area contributed by atoms with Gasteiger partial charge in [0.1, 0.15) is 11.6 Å². The Morgan fingerprint density at radius 3 is 2.34 bits per heavy atom. The average molecular weight is 620 g/mol. The Balaban J connectivity index is 1.67. The Morgan fingerprint density at radius 1 is 1.07 bits per heavy atom. The maximum absolute atomic E-state index is 14.9. The monoisotopic (exact) mass is 619 g/mol. The Bertz CT molecular complexity index is 1420. The third-order valence-electron chi connectivity index (χ3n) is 9.88. The Kier molecular flexibility index (Phi) is 9.08. The number of aliphatic hydroxyl groups excluding tert-OH is 1. The average Bonchev–Trinajstić information content (AvgIpc) is 3.63. The molecule has 3 aliphatic rings. The molecule has 0 aromatic heterocycles. The zero-order chi connectivity index (χ0) is 31.8. The molecular formula is C35H42ClN3O5. The molecule has 234 valence electrons. The second kappa shape index (κ2) is 12.5. The Morgan fingerprint density at radius 2 is 1.75 bits per heavy atom. The number of hydrogen-bond donors (Lipinski definition) is 1. The number of ether oxygens (including phenoxy) is 1. The first kappa shape index (κ1) is 31.9. The smallest absolute Gasteiger partial charge is 0.253 e. The standard InChI is InChI=1S/C35H42ClN3O5/c1-6-20-37(25-15-11-10-12-16-25)31(41)27-28-32(42)39(24(8-3)22-40)30(35(28)19-18-34(27,9-4)44-35)33(43)38(21-7-2)29-23(5)14-13-17-26(29)36/h6-7,10-17,24,27-28,30,40H,1-2,8-9,18-22H2,3-5H3/t24-,27-,28-,30?,34+,35?/m0/s1. The van der Waals surface area contributed by atoms with E-state index >= 15 is 0 Å². The van der Waals surface area contributed by atoms with Crippen molar-refractivity contribution in [2.45, 2.75) is 69.7 Å². The summed E-state index contributed by atoms with van der Waals surface area (Å²) in [5.74, 6) is -2.64. The number of carbonyl (C=O) groups is 3. The maximum atomic E-state index is 14.9. The summed E-state index contributed by atoms with van der Waals surface area (Å²) in [5.41, 5.74) is -0.137. The van der Waals surface area contributed by atoms with Gasteiger partial charge in [-0.15, -0.1) is 13.2 Å². The van der Waals surface area contributed by atoms with E-state index in [4.69, 9.17) is 16.3 Å². The van der Waals surface area contributed by atoms with E-state index in [0.29, 0.717) is 42.1 Å². The first-order chi connectivity index (χ1) is 21.2. The molecule has 3 saturated heterocycles. The second-order valence-electron chi connectivity index (χ2n) is 12.0. The fraction of sp³-hybridized carbons (Fsp3) is 0.457. The quantitative estimate of drug-likeness (QED) is 0.325. The molecule has 1 spiro atoms. The first-order valence-corrected chi connectivity index (χ1v) is 15.8. The van der Waals surface area contributed by atoms with Gasteiger partial charge in [-0.2, -0.15) is 0 Å². The fourth-order valence-electron chi connectivity index (χ4n) is 7.88. The number of nitrogens with zero attached hydrogens (tertiary/aromatic N) is 3. The lowest BCUT2D eigenvalue weighted by Gasteiger charge is -2.39. The summed E-state index contributed by atoms with van der Waals surface area (Å²) in [5, 5.41) is 10.9. The summed E-state index contributed by atoms with van der Waals surface area (Å²) in [6, 6.07) is 13.0. The Labute approximate surface area is 264 Å². The highest BCUT2D eigenvalue weighted by molar-refractivity contribution is 6.34. The number of likely N-dealkylation sites (tertiary alicyclic amines) is 1. The lowest BCUT2D eigenvalue weighted by molar-refractivity contribution is -0.149. The highest BCUT2D eigenvalue weighted by atomic mass is 35.5. The molecule has 5 rings (SSSR count). The maximum Gasteiger partial charge on any atom is 0.253 e.